The van der Waals surface area contributed by atoms with Gasteiger partial charge in [-0.25, -0.2) is 0 Å². The minimum atomic E-state index is -0.120. The summed E-state index contributed by atoms with van der Waals surface area (Å²) in [4.78, 5) is 12.4. The van der Waals surface area contributed by atoms with Gasteiger partial charge in [0.1, 0.15) is 0 Å². The van der Waals surface area contributed by atoms with Crippen molar-refractivity contribution < 1.29 is 14.3 Å². The van der Waals surface area contributed by atoms with Crippen molar-refractivity contribution in [3.8, 4) is 22.9 Å². The highest BCUT2D eigenvalue weighted by Crippen LogP contribution is 2.34. The Balaban J connectivity index is 1.42. The topological polar surface area (TPSA) is 78.3 Å². The van der Waals surface area contributed by atoms with Gasteiger partial charge in [0.05, 0.1) is 5.75 Å². The van der Waals surface area contributed by atoms with Gasteiger partial charge in [-0.15, -0.1) is 10.2 Å². The number of rotatable bonds is 6. The quantitative estimate of drug-likeness (QED) is 0.561. The second kappa shape index (κ2) is 8.63. The van der Waals surface area contributed by atoms with E-state index < -0.39 is 0 Å². The first-order valence-corrected chi connectivity index (χ1v) is 11.2. The third-order valence-electron chi connectivity index (χ3n) is 5.03. The highest BCUT2D eigenvalue weighted by atomic mass is 32.2. The average molecular weight is 439 g/mol. The molecule has 1 aliphatic rings. The average Bonchev–Trinajstić information content (AvgIpc) is 3.37. The first-order chi connectivity index (χ1) is 14.8. The maximum absolute atomic E-state index is 12.4. The SMILES string of the molecule is CCn1c(SCC(=O)Nc2ccc3c(c2)OCO3)nnc1-c1ccc(C(C)(C)C)cc1. The second-order valence-electron chi connectivity index (χ2n) is 8.28. The predicted octanol–water partition coefficient (Wildman–Crippen LogP) is 4.72. The second-order valence-corrected chi connectivity index (χ2v) is 9.23. The Morgan fingerprint density at radius 2 is 1.84 bits per heavy atom. The molecule has 1 aliphatic heterocycles. The summed E-state index contributed by atoms with van der Waals surface area (Å²) in [7, 11) is 0. The number of carbonyl (C=O) groups excluding carboxylic acids is 1. The fraction of sp³-hybridized carbons (Fsp3) is 0.348. The van der Waals surface area contributed by atoms with Gasteiger partial charge in [-0.1, -0.05) is 56.8 Å². The predicted molar refractivity (Wildman–Crippen MR) is 122 cm³/mol. The van der Waals surface area contributed by atoms with E-state index in [9.17, 15) is 4.79 Å². The fourth-order valence-electron chi connectivity index (χ4n) is 3.31. The summed E-state index contributed by atoms with van der Waals surface area (Å²) in [5.74, 6) is 2.24. The number of anilines is 1. The lowest BCUT2D eigenvalue weighted by molar-refractivity contribution is -0.113. The minimum Gasteiger partial charge on any atom is -0.454 e. The lowest BCUT2D eigenvalue weighted by Gasteiger charge is -2.19. The van der Waals surface area contributed by atoms with Crippen molar-refractivity contribution in [2.45, 2.75) is 44.8 Å². The fourth-order valence-corrected chi connectivity index (χ4v) is 4.12. The van der Waals surface area contributed by atoms with Crippen molar-refractivity contribution in [2.24, 2.45) is 0 Å². The molecule has 1 aromatic heterocycles. The Hall–Kier alpha value is -3.00. The van der Waals surface area contributed by atoms with E-state index in [2.05, 4.69) is 60.6 Å². The standard InChI is InChI=1S/C23H26N4O3S/c1-5-27-21(15-6-8-16(9-7-15)23(2,3)4)25-26-22(27)31-13-20(28)24-17-10-11-18-19(12-17)30-14-29-18/h6-12H,5,13-14H2,1-4H3,(H,24,28). The van der Waals surface area contributed by atoms with Crippen LogP contribution in [0.25, 0.3) is 11.4 Å². The molecule has 8 heteroatoms. The Morgan fingerprint density at radius 1 is 1.10 bits per heavy atom. The number of nitrogens with one attached hydrogen (secondary N) is 1. The number of nitrogens with zero attached hydrogens (tertiary/aromatic N) is 3. The number of fused-ring (bicyclic) bond motifs is 1. The number of amides is 1. The largest absolute Gasteiger partial charge is 0.454 e. The Kier molecular flexibility index (Phi) is 5.91. The zero-order valence-electron chi connectivity index (χ0n) is 18.1. The monoisotopic (exact) mass is 438 g/mol. The number of hydrogen-bond acceptors (Lipinski definition) is 6. The van der Waals surface area contributed by atoms with Crippen molar-refractivity contribution >= 4 is 23.4 Å². The summed E-state index contributed by atoms with van der Waals surface area (Å²) >= 11 is 1.37. The molecule has 4 rings (SSSR count). The van der Waals surface area contributed by atoms with Crippen LogP contribution in [0.5, 0.6) is 11.5 Å². The molecule has 0 unspecified atom stereocenters. The molecule has 0 atom stereocenters. The van der Waals surface area contributed by atoms with Gasteiger partial charge in [0.25, 0.3) is 0 Å². The van der Waals surface area contributed by atoms with Crippen LogP contribution in [0.2, 0.25) is 0 Å². The van der Waals surface area contributed by atoms with E-state index in [4.69, 9.17) is 9.47 Å². The van der Waals surface area contributed by atoms with Gasteiger partial charge >= 0.3 is 0 Å². The van der Waals surface area contributed by atoms with Crippen molar-refractivity contribution in [3.05, 3.63) is 48.0 Å². The van der Waals surface area contributed by atoms with Crippen molar-refractivity contribution in [2.75, 3.05) is 17.9 Å². The molecular weight excluding hydrogens is 412 g/mol. The molecular formula is C23H26N4O3S. The molecule has 2 heterocycles. The zero-order valence-corrected chi connectivity index (χ0v) is 19.0. The van der Waals surface area contributed by atoms with Gasteiger partial charge in [-0.2, -0.15) is 0 Å². The lowest BCUT2D eigenvalue weighted by atomic mass is 9.87. The molecule has 3 aromatic rings. The molecule has 1 amide bonds. The molecule has 1 N–H and O–H groups in total. The number of thioether (sulfide) groups is 1. The molecule has 0 aliphatic carbocycles. The molecule has 2 aromatic carbocycles. The number of ether oxygens (including phenoxy) is 2. The van der Waals surface area contributed by atoms with E-state index in [1.807, 2.05) is 11.5 Å². The van der Waals surface area contributed by atoms with Crippen LogP contribution in [0.15, 0.2) is 47.6 Å². The zero-order chi connectivity index (χ0) is 22.0. The maximum atomic E-state index is 12.4. The molecule has 0 spiro atoms. The molecule has 7 nitrogen and oxygen atoms in total. The van der Waals surface area contributed by atoms with Crippen LogP contribution in [0.3, 0.4) is 0 Å². The number of hydrogen-bond donors (Lipinski definition) is 1. The van der Waals surface area contributed by atoms with Crippen molar-refractivity contribution in [1.29, 1.82) is 0 Å². The van der Waals surface area contributed by atoms with Crippen LogP contribution in [0.4, 0.5) is 5.69 Å². The van der Waals surface area contributed by atoms with Gasteiger partial charge in [-0.05, 0) is 30.0 Å². The lowest BCUT2D eigenvalue weighted by Crippen LogP contribution is -2.14. The van der Waals surface area contributed by atoms with E-state index in [0.717, 1.165) is 23.1 Å². The summed E-state index contributed by atoms with van der Waals surface area (Å²) in [5.41, 5.74) is 3.06. The third-order valence-corrected chi connectivity index (χ3v) is 6.00. The summed E-state index contributed by atoms with van der Waals surface area (Å²) in [6, 6.07) is 13.8. The van der Waals surface area contributed by atoms with Gasteiger partial charge in [0.2, 0.25) is 12.7 Å². The first-order valence-electron chi connectivity index (χ1n) is 10.2. The van der Waals surface area contributed by atoms with Gasteiger partial charge in [0.15, 0.2) is 22.5 Å². The number of aromatic nitrogens is 3. The molecule has 0 bridgehead atoms. The normalized spacial score (nSPS) is 12.8. The van der Waals surface area contributed by atoms with Crippen molar-refractivity contribution in [1.82, 2.24) is 14.8 Å². The smallest absolute Gasteiger partial charge is 0.234 e. The molecule has 0 radical (unpaired) electrons. The van der Waals surface area contributed by atoms with E-state index >= 15 is 0 Å². The van der Waals surface area contributed by atoms with E-state index in [0.29, 0.717) is 17.2 Å². The van der Waals surface area contributed by atoms with Crippen LogP contribution in [0.1, 0.15) is 33.3 Å². The van der Waals surface area contributed by atoms with E-state index in [-0.39, 0.29) is 23.9 Å². The molecule has 0 saturated carbocycles. The van der Waals surface area contributed by atoms with Gasteiger partial charge < -0.3 is 19.4 Å². The highest BCUT2D eigenvalue weighted by Gasteiger charge is 2.18. The molecule has 0 fully saturated rings. The highest BCUT2D eigenvalue weighted by molar-refractivity contribution is 7.99. The third kappa shape index (κ3) is 4.69. The summed E-state index contributed by atoms with van der Waals surface area (Å²) in [6.45, 7) is 9.55. The molecule has 162 valence electrons. The van der Waals surface area contributed by atoms with Gasteiger partial charge in [-0.3, -0.25) is 4.79 Å². The molecule has 31 heavy (non-hydrogen) atoms. The van der Waals surface area contributed by atoms with Crippen LogP contribution < -0.4 is 14.8 Å². The molecule has 0 saturated heterocycles. The van der Waals surface area contributed by atoms with E-state index in [1.165, 1.54) is 17.3 Å². The summed E-state index contributed by atoms with van der Waals surface area (Å²) < 4.78 is 12.7. The van der Waals surface area contributed by atoms with E-state index in [1.54, 1.807) is 18.2 Å². The number of benzene rings is 2. The van der Waals surface area contributed by atoms with Crippen LogP contribution in [-0.2, 0) is 16.8 Å². The van der Waals surface area contributed by atoms with Gasteiger partial charge in [0, 0.05) is 23.9 Å². The first kappa shape index (κ1) is 21.2. The Bertz CT molecular complexity index is 1090. The number of carbonyl (C=O) groups is 1. The van der Waals surface area contributed by atoms with Crippen LogP contribution in [0, 0.1) is 0 Å². The Labute approximate surface area is 186 Å². The van der Waals surface area contributed by atoms with Crippen LogP contribution >= 0.6 is 11.8 Å². The summed E-state index contributed by atoms with van der Waals surface area (Å²) in [6.07, 6.45) is 0. The summed E-state index contributed by atoms with van der Waals surface area (Å²) in [5, 5.41) is 12.3. The van der Waals surface area contributed by atoms with Crippen molar-refractivity contribution in [3.63, 3.8) is 0 Å². The van der Waals surface area contributed by atoms with Crippen LogP contribution in [-0.4, -0.2) is 33.2 Å². The maximum Gasteiger partial charge on any atom is 0.234 e. The minimum absolute atomic E-state index is 0.101. The Morgan fingerprint density at radius 3 is 2.55 bits per heavy atom.